The molecular formula is C18H24ClN3O. The second kappa shape index (κ2) is 7.64. The zero-order valence-electron chi connectivity index (χ0n) is 14.2. The van der Waals surface area contributed by atoms with Gasteiger partial charge in [0.2, 0.25) is 0 Å². The van der Waals surface area contributed by atoms with Crippen LogP contribution in [0.3, 0.4) is 0 Å². The Balaban J connectivity index is 2.21. The molecule has 1 heterocycles. The molecule has 1 N–H and O–H groups in total. The van der Waals surface area contributed by atoms with E-state index in [0.29, 0.717) is 23.0 Å². The summed E-state index contributed by atoms with van der Waals surface area (Å²) >= 11 is 6.42. The van der Waals surface area contributed by atoms with Crippen molar-refractivity contribution in [2.24, 2.45) is 0 Å². The van der Waals surface area contributed by atoms with E-state index in [-0.39, 0.29) is 11.9 Å². The molecule has 2 aromatic rings. The SMILES string of the molecule is CCC(CC)NC(=O)c1c(C)nn(Cc2ccc(C)cc2)c1Cl. The topological polar surface area (TPSA) is 46.9 Å². The van der Waals surface area contributed by atoms with Gasteiger partial charge in [0.05, 0.1) is 17.8 Å². The van der Waals surface area contributed by atoms with Crippen LogP contribution in [-0.4, -0.2) is 21.7 Å². The van der Waals surface area contributed by atoms with Gasteiger partial charge in [-0.05, 0) is 32.3 Å². The Kier molecular flexibility index (Phi) is 5.83. The normalized spacial score (nSPS) is 11.0. The van der Waals surface area contributed by atoms with E-state index >= 15 is 0 Å². The van der Waals surface area contributed by atoms with E-state index in [1.54, 1.807) is 4.68 Å². The number of rotatable bonds is 6. The molecule has 1 amide bonds. The predicted molar refractivity (Wildman–Crippen MR) is 94.1 cm³/mol. The molecule has 0 atom stereocenters. The first-order valence-corrected chi connectivity index (χ1v) is 8.43. The van der Waals surface area contributed by atoms with Crippen LogP contribution in [0.15, 0.2) is 24.3 Å². The molecule has 1 aromatic carbocycles. The first-order valence-electron chi connectivity index (χ1n) is 8.05. The first kappa shape index (κ1) is 17.5. The summed E-state index contributed by atoms with van der Waals surface area (Å²) in [6, 6.07) is 8.37. The maximum Gasteiger partial charge on any atom is 0.256 e. The minimum atomic E-state index is -0.142. The highest BCUT2D eigenvalue weighted by Gasteiger charge is 2.21. The zero-order valence-corrected chi connectivity index (χ0v) is 14.9. The molecule has 0 aliphatic heterocycles. The lowest BCUT2D eigenvalue weighted by Gasteiger charge is -2.14. The van der Waals surface area contributed by atoms with Crippen molar-refractivity contribution >= 4 is 17.5 Å². The average Bonchev–Trinajstić information content (AvgIpc) is 2.81. The van der Waals surface area contributed by atoms with E-state index in [4.69, 9.17) is 11.6 Å². The van der Waals surface area contributed by atoms with Crippen molar-refractivity contribution in [3.8, 4) is 0 Å². The fourth-order valence-electron chi connectivity index (χ4n) is 2.53. The third-order valence-corrected chi connectivity index (χ3v) is 4.45. The Morgan fingerprint density at radius 3 is 2.39 bits per heavy atom. The van der Waals surface area contributed by atoms with Crippen molar-refractivity contribution in [1.82, 2.24) is 15.1 Å². The van der Waals surface area contributed by atoms with Crippen LogP contribution in [0.4, 0.5) is 0 Å². The van der Waals surface area contributed by atoms with E-state index in [0.717, 1.165) is 18.4 Å². The highest BCUT2D eigenvalue weighted by atomic mass is 35.5. The van der Waals surface area contributed by atoms with E-state index in [1.807, 2.05) is 19.1 Å². The number of amides is 1. The van der Waals surface area contributed by atoms with Crippen LogP contribution in [0, 0.1) is 13.8 Å². The number of nitrogens with one attached hydrogen (secondary N) is 1. The zero-order chi connectivity index (χ0) is 17.0. The minimum Gasteiger partial charge on any atom is -0.349 e. The molecule has 2 rings (SSSR count). The third kappa shape index (κ3) is 4.14. The number of aryl methyl sites for hydroxylation is 2. The van der Waals surface area contributed by atoms with Crippen LogP contribution in [0.1, 0.15) is 53.9 Å². The first-order chi connectivity index (χ1) is 11.0. The summed E-state index contributed by atoms with van der Waals surface area (Å²) < 4.78 is 1.68. The molecular weight excluding hydrogens is 310 g/mol. The molecule has 5 heteroatoms. The molecule has 0 bridgehead atoms. The van der Waals surface area contributed by atoms with Gasteiger partial charge in [-0.3, -0.25) is 4.79 Å². The lowest BCUT2D eigenvalue weighted by atomic mass is 10.1. The average molecular weight is 334 g/mol. The summed E-state index contributed by atoms with van der Waals surface area (Å²) in [7, 11) is 0. The molecule has 23 heavy (non-hydrogen) atoms. The van der Waals surface area contributed by atoms with Crippen molar-refractivity contribution in [3.63, 3.8) is 0 Å². The Morgan fingerprint density at radius 1 is 1.22 bits per heavy atom. The maximum absolute atomic E-state index is 12.5. The Bertz CT molecular complexity index is 672. The van der Waals surface area contributed by atoms with Crippen molar-refractivity contribution in [2.75, 3.05) is 0 Å². The summed E-state index contributed by atoms with van der Waals surface area (Å²) in [4.78, 5) is 12.5. The van der Waals surface area contributed by atoms with Gasteiger partial charge in [0.25, 0.3) is 5.91 Å². The van der Waals surface area contributed by atoms with E-state index in [2.05, 4.69) is 43.3 Å². The highest BCUT2D eigenvalue weighted by molar-refractivity contribution is 6.33. The van der Waals surface area contributed by atoms with Crippen molar-refractivity contribution in [1.29, 1.82) is 0 Å². The van der Waals surface area contributed by atoms with Gasteiger partial charge in [-0.15, -0.1) is 0 Å². The standard InChI is InChI=1S/C18H24ClN3O/c1-5-15(6-2)20-18(23)16-13(4)21-22(17(16)19)11-14-9-7-12(3)8-10-14/h7-10,15H,5-6,11H2,1-4H3,(H,20,23). The van der Waals surface area contributed by atoms with Crippen molar-refractivity contribution < 1.29 is 4.79 Å². The van der Waals surface area contributed by atoms with Gasteiger partial charge in [-0.1, -0.05) is 55.3 Å². The molecule has 0 saturated heterocycles. The molecule has 0 radical (unpaired) electrons. The lowest BCUT2D eigenvalue weighted by Crippen LogP contribution is -2.34. The van der Waals surface area contributed by atoms with Gasteiger partial charge in [0, 0.05) is 6.04 Å². The molecule has 0 aliphatic carbocycles. The summed E-state index contributed by atoms with van der Waals surface area (Å²) in [5, 5.41) is 7.85. The largest absolute Gasteiger partial charge is 0.349 e. The second-order valence-electron chi connectivity index (χ2n) is 5.88. The number of benzene rings is 1. The summed E-state index contributed by atoms with van der Waals surface area (Å²) in [5.74, 6) is -0.142. The number of nitrogens with zero attached hydrogens (tertiary/aromatic N) is 2. The monoisotopic (exact) mass is 333 g/mol. The molecule has 0 spiro atoms. The van der Waals surface area contributed by atoms with Crippen molar-refractivity contribution in [3.05, 3.63) is 51.8 Å². The number of carbonyl (C=O) groups is 1. The molecule has 0 saturated carbocycles. The fourth-order valence-corrected chi connectivity index (χ4v) is 2.85. The third-order valence-electron chi connectivity index (χ3n) is 4.07. The van der Waals surface area contributed by atoms with E-state index in [1.165, 1.54) is 5.56 Å². The van der Waals surface area contributed by atoms with Gasteiger partial charge in [-0.2, -0.15) is 5.10 Å². The Hall–Kier alpha value is -1.81. The van der Waals surface area contributed by atoms with Gasteiger partial charge in [0.1, 0.15) is 5.15 Å². The molecule has 1 aromatic heterocycles. The summed E-state index contributed by atoms with van der Waals surface area (Å²) in [6.45, 7) is 8.54. The second-order valence-corrected chi connectivity index (χ2v) is 6.24. The van der Waals surface area contributed by atoms with Crippen LogP contribution < -0.4 is 5.32 Å². The summed E-state index contributed by atoms with van der Waals surface area (Å²) in [5.41, 5.74) is 3.45. The van der Waals surface area contributed by atoms with Crippen molar-refractivity contribution in [2.45, 2.75) is 53.1 Å². The predicted octanol–water partition coefficient (Wildman–Crippen LogP) is 4.12. The number of hydrogen-bond donors (Lipinski definition) is 1. The fraction of sp³-hybridized carbons (Fsp3) is 0.444. The highest BCUT2D eigenvalue weighted by Crippen LogP contribution is 2.21. The quantitative estimate of drug-likeness (QED) is 0.864. The van der Waals surface area contributed by atoms with Crippen LogP contribution >= 0.6 is 11.6 Å². The smallest absolute Gasteiger partial charge is 0.256 e. The van der Waals surface area contributed by atoms with Crippen LogP contribution in [0.25, 0.3) is 0 Å². The molecule has 0 fully saturated rings. The molecule has 4 nitrogen and oxygen atoms in total. The lowest BCUT2D eigenvalue weighted by molar-refractivity contribution is 0.0934. The molecule has 0 aliphatic rings. The van der Waals surface area contributed by atoms with Crippen LogP contribution in [-0.2, 0) is 6.54 Å². The Morgan fingerprint density at radius 2 is 1.83 bits per heavy atom. The number of carbonyl (C=O) groups excluding carboxylic acids is 1. The van der Waals surface area contributed by atoms with E-state index in [9.17, 15) is 4.79 Å². The maximum atomic E-state index is 12.5. The van der Waals surface area contributed by atoms with Gasteiger partial charge < -0.3 is 5.32 Å². The molecule has 0 unspecified atom stereocenters. The van der Waals surface area contributed by atoms with Gasteiger partial charge >= 0.3 is 0 Å². The van der Waals surface area contributed by atoms with E-state index < -0.39 is 0 Å². The van der Waals surface area contributed by atoms with Gasteiger partial charge in [0.15, 0.2) is 0 Å². The Labute approximate surface area is 142 Å². The number of hydrogen-bond acceptors (Lipinski definition) is 2. The summed E-state index contributed by atoms with van der Waals surface area (Å²) in [6.07, 6.45) is 1.80. The number of halogens is 1. The van der Waals surface area contributed by atoms with Crippen LogP contribution in [0.5, 0.6) is 0 Å². The number of aromatic nitrogens is 2. The molecule has 124 valence electrons. The van der Waals surface area contributed by atoms with Crippen LogP contribution in [0.2, 0.25) is 5.15 Å². The van der Waals surface area contributed by atoms with Gasteiger partial charge in [-0.25, -0.2) is 4.68 Å². The minimum absolute atomic E-state index is 0.142.